The lowest BCUT2D eigenvalue weighted by Crippen LogP contribution is -1.88. The highest BCUT2D eigenvalue weighted by Gasteiger charge is 2.07. The number of rotatable bonds is 3. The van der Waals surface area contributed by atoms with Crippen LogP contribution in [0.3, 0.4) is 0 Å². The quantitative estimate of drug-likeness (QED) is 0.760. The van der Waals surface area contributed by atoms with Crippen LogP contribution in [0.5, 0.6) is 11.5 Å². The highest BCUT2D eigenvalue weighted by atomic mass is 35.5. The first-order valence-corrected chi connectivity index (χ1v) is 6.85. The number of hydrogen-bond acceptors (Lipinski definition) is 3. The zero-order valence-corrected chi connectivity index (χ0v) is 11.3. The van der Waals surface area contributed by atoms with E-state index in [0.29, 0.717) is 16.3 Å². The minimum absolute atomic E-state index is 0.435. The summed E-state index contributed by atoms with van der Waals surface area (Å²) in [5.74, 6) is 1.31. The maximum absolute atomic E-state index is 8.77. The van der Waals surface area contributed by atoms with Gasteiger partial charge in [-0.3, -0.25) is 0 Å². The Labute approximate surface area is 115 Å². The third-order valence-electron chi connectivity index (χ3n) is 2.35. The van der Waals surface area contributed by atoms with Crippen LogP contribution in [0.25, 0.3) is 0 Å². The Balaban J connectivity index is 2.32. The molecule has 0 aliphatic carbocycles. The standard InChI is InChI=1S/C14H10ClNOS/c1-18-14-5-3-2-4-13(14)17-12-7-6-10(9-16)8-11(12)15/h2-8H,1H3. The van der Waals surface area contributed by atoms with E-state index in [9.17, 15) is 0 Å². The molecule has 0 fully saturated rings. The number of para-hydroxylation sites is 1. The van der Waals surface area contributed by atoms with Crippen LogP contribution in [0.15, 0.2) is 47.4 Å². The number of hydrogen-bond donors (Lipinski definition) is 0. The number of benzene rings is 2. The van der Waals surface area contributed by atoms with Crippen molar-refractivity contribution in [2.45, 2.75) is 4.90 Å². The first-order chi connectivity index (χ1) is 8.74. The third-order valence-corrected chi connectivity index (χ3v) is 3.42. The predicted octanol–water partition coefficient (Wildman–Crippen LogP) is 4.73. The first-order valence-electron chi connectivity index (χ1n) is 5.25. The van der Waals surface area contributed by atoms with Crippen molar-refractivity contribution in [2.24, 2.45) is 0 Å². The molecule has 2 rings (SSSR count). The zero-order valence-electron chi connectivity index (χ0n) is 9.68. The summed E-state index contributed by atoms with van der Waals surface area (Å²) in [5, 5.41) is 9.21. The van der Waals surface area contributed by atoms with Crippen molar-refractivity contribution >= 4 is 23.4 Å². The van der Waals surface area contributed by atoms with Crippen molar-refractivity contribution < 1.29 is 4.74 Å². The zero-order chi connectivity index (χ0) is 13.0. The van der Waals surface area contributed by atoms with E-state index in [2.05, 4.69) is 0 Å². The normalized spacial score (nSPS) is 9.83. The second kappa shape index (κ2) is 5.81. The molecule has 2 aromatic rings. The lowest BCUT2D eigenvalue weighted by molar-refractivity contribution is 0.471. The molecule has 0 aromatic heterocycles. The second-order valence-electron chi connectivity index (χ2n) is 3.51. The van der Waals surface area contributed by atoms with Gasteiger partial charge in [0, 0.05) is 4.90 Å². The second-order valence-corrected chi connectivity index (χ2v) is 4.77. The van der Waals surface area contributed by atoms with Gasteiger partial charge in [0.2, 0.25) is 0 Å². The number of nitriles is 1. The Kier molecular flexibility index (Phi) is 4.14. The van der Waals surface area contributed by atoms with E-state index >= 15 is 0 Å². The van der Waals surface area contributed by atoms with E-state index in [0.717, 1.165) is 10.6 Å². The summed E-state index contributed by atoms with van der Waals surface area (Å²) >= 11 is 7.68. The largest absolute Gasteiger partial charge is 0.455 e. The fourth-order valence-corrected chi connectivity index (χ4v) is 2.22. The molecule has 90 valence electrons. The van der Waals surface area contributed by atoms with Gasteiger partial charge in [-0.15, -0.1) is 11.8 Å². The molecule has 0 aliphatic heterocycles. The Morgan fingerprint density at radius 2 is 1.94 bits per heavy atom. The smallest absolute Gasteiger partial charge is 0.146 e. The highest BCUT2D eigenvalue weighted by molar-refractivity contribution is 7.98. The fraction of sp³-hybridized carbons (Fsp3) is 0.0714. The summed E-state index contributed by atoms with van der Waals surface area (Å²) in [6.45, 7) is 0. The Morgan fingerprint density at radius 1 is 1.17 bits per heavy atom. The molecule has 0 aliphatic rings. The van der Waals surface area contributed by atoms with Crippen LogP contribution in [0, 0.1) is 11.3 Å². The lowest BCUT2D eigenvalue weighted by Gasteiger charge is -2.10. The van der Waals surface area contributed by atoms with Gasteiger partial charge in [-0.05, 0) is 36.6 Å². The van der Waals surface area contributed by atoms with Crippen LogP contribution in [0.2, 0.25) is 5.02 Å². The van der Waals surface area contributed by atoms with Crippen molar-refractivity contribution in [1.82, 2.24) is 0 Å². The van der Waals surface area contributed by atoms with Crippen LogP contribution in [-0.4, -0.2) is 6.26 Å². The number of halogens is 1. The molecule has 0 radical (unpaired) electrons. The molecule has 0 spiro atoms. The van der Waals surface area contributed by atoms with Gasteiger partial charge in [-0.1, -0.05) is 23.7 Å². The predicted molar refractivity (Wildman–Crippen MR) is 74.5 cm³/mol. The average Bonchev–Trinajstić information content (AvgIpc) is 2.41. The van der Waals surface area contributed by atoms with E-state index in [1.807, 2.05) is 36.6 Å². The molecule has 2 aromatic carbocycles. The molecule has 0 bridgehead atoms. The third kappa shape index (κ3) is 2.79. The molecule has 0 saturated carbocycles. The summed E-state index contributed by atoms with van der Waals surface area (Å²) in [4.78, 5) is 1.04. The van der Waals surface area contributed by atoms with Crippen molar-refractivity contribution in [1.29, 1.82) is 5.26 Å². The van der Waals surface area contributed by atoms with Gasteiger partial charge < -0.3 is 4.74 Å². The summed E-state index contributed by atoms with van der Waals surface area (Å²) in [6, 6.07) is 14.8. The molecule has 0 N–H and O–H groups in total. The minimum Gasteiger partial charge on any atom is -0.455 e. The Hall–Kier alpha value is -1.63. The van der Waals surface area contributed by atoms with Crippen molar-refractivity contribution in [2.75, 3.05) is 6.26 Å². The molecule has 0 unspecified atom stereocenters. The van der Waals surface area contributed by atoms with Gasteiger partial charge in [-0.25, -0.2) is 0 Å². The molecule has 0 heterocycles. The number of nitrogens with zero attached hydrogens (tertiary/aromatic N) is 1. The van der Waals surface area contributed by atoms with Crippen LogP contribution >= 0.6 is 23.4 Å². The van der Waals surface area contributed by atoms with Gasteiger partial charge >= 0.3 is 0 Å². The van der Waals surface area contributed by atoms with Gasteiger partial charge in [-0.2, -0.15) is 5.26 Å². The van der Waals surface area contributed by atoms with E-state index < -0.39 is 0 Å². The van der Waals surface area contributed by atoms with Crippen LogP contribution < -0.4 is 4.74 Å². The lowest BCUT2D eigenvalue weighted by atomic mass is 10.2. The van der Waals surface area contributed by atoms with Crippen LogP contribution in [-0.2, 0) is 0 Å². The van der Waals surface area contributed by atoms with E-state index in [1.54, 1.807) is 30.0 Å². The molecule has 18 heavy (non-hydrogen) atoms. The number of thioether (sulfide) groups is 1. The van der Waals surface area contributed by atoms with Crippen LogP contribution in [0.1, 0.15) is 5.56 Å². The molecular formula is C14H10ClNOS. The summed E-state index contributed by atoms with van der Waals surface area (Å²) < 4.78 is 5.77. The maximum atomic E-state index is 8.77. The molecule has 4 heteroatoms. The van der Waals surface area contributed by atoms with Crippen molar-refractivity contribution in [3.8, 4) is 17.6 Å². The highest BCUT2D eigenvalue weighted by Crippen LogP contribution is 2.34. The fourth-order valence-electron chi connectivity index (χ4n) is 1.47. The molecule has 0 amide bonds. The van der Waals surface area contributed by atoms with Crippen LogP contribution in [0.4, 0.5) is 0 Å². The summed E-state index contributed by atoms with van der Waals surface area (Å²) in [5.41, 5.74) is 0.519. The first kappa shape index (κ1) is 12.8. The van der Waals surface area contributed by atoms with Gasteiger partial charge in [0.05, 0.1) is 16.7 Å². The van der Waals surface area contributed by atoms with E-state index in [-0.39, 0.29) is 0 Å². The van der Waals surface area contributed by atoms with E-state index in [1.165, 1.54) is 0 Å². The van der Waals surface area contributed by atoms with Crippen molar-refractivity contribution in [3.05, 3.63) is 53.1 Å². The topological polar surface area (TPSA) is 33.0 Å². The Bertz CT molecular complexity index is 607. The van der Waals surface area contributed by atoms with Gasteiger partial charge in [0.1, 0.15) is 11.5 Å². The maximum Gasteiger partial charge on any atom is 0.146 e. The van der Waals surface area contributed by atoms with Gasteiger partial charge in [0.15, 0.2) is 0 Å². The number of ether oxygens (including phenoxy) is 1. The van der Waals surface area contributed by atoms with E-state index in [4.69, 9.17) is 21.6 Å². The molecule has 0 saturated heterocycles. The van der Waals surface area contributed by atoms with Crippen molar-refractivity contribution in [3.63, 3.8) is 0 Å². The molecular weight excluding hydrogens is 266 g/mol. The molecule has 2 nitrogen and oxygen atoms in total. The SMILES string of the molecule is CSc1ccccc1Oc1ccc(C#N)cc1Cl. The monoisotopic (exact) mass is 275 g/mol. The summed E-state index contributed by atoms with van der Waals surface area (Å²) in [7, 11) is 0. The average molecular weight is 276 g/mol. The minimum atomic E-state index is 0.435. The summed E-state index contributed by atoms with van der Waals surface area (Å²) in [6.07, 6.45) is 1.99. The Morgan fingerprint density at radius 3 is 2.61 bits per heavy atom. The van der Waals surface area contributed by atoms with Gasteiger partial charge in [0.25, 0.3) is 0 Å². The molecule has 0 atom stereocenters.